The molecule has 296 valence electrons. The summed E-state index contributed by atoms with van der Waals surface area (Å²) < 4.78 is 6.40. The fraction of sp³-hybridized carbons (Fsp3) is 0.551. The Morgan fingerprint density at radius 3 is 2.44 bits per heavy atom. The molecule has 3 aromatic carbocycles. The van der Waals surface area contributed by atoms with Crippen molar-refractivity contribution in [2.24, 2.45) is 23.2 Å². The highest BCUT2D eigenvalue weighted by Gasteiger charge is 2.58. The molecule has 4 aliphatic carbocycles. The highest BCUT2D eigenvalue weighted by atomic mass is 16.6. The first-order valence-electron chi connectivity index (χ1n) is 21.2. The van der Waals surface area contributed by atoms with Crippen LogP contribution in [0, 0.1) is 23.2 Å². The Balaban J connectivity index is 1.40. The number of ketones is 1. The van der Waals surface area contributed by atoms with Gasteiger partial charge in [-0.05, 0) is 123 Å². The predicted molar refractivity (Wildman–Crippen MR) is 222 cm³/mol. The Labute approximate surface area is 330 Å². The van der Waals surface area contributed by atoms with Gasteiger partial charge in [0.2, 0.25) is 0 Å². The van der Waals surface area contributed by atoms with E-state index in [1.54, 1.807) is 4.90 Å². The molecular formula is C49H65NO5. The SMILES string of the molecule is CCCN(CC1(O)CCC2c3ccc(cc3C(=O)c3ccccc3-c3ccccc3)CC(O)CCC(C)=CCCC21C)C(=O)OC1CC(C)CCC1C(C)C. The fourth-order valence-electron chi connectivity index (χ4n) is 10.2. The zero-order chi connectivity index (χ0) is 39.3. The van der Waals surface area contributed by atoms with Gasteiger partial charge in [0.1, 0.15) is 6.10 Å². The maximum atomic E-state index is 15.0. The summed E-state index contributed by atoms with van der Waals surface area (Å²) in [6.45, 7) is 13.8. The number of hydrogen-bond acceptors (Lipinski definition) is 5. The van der Waals surface area contributed by atoms with Crippen molar-refractivity contribution in [3.8, 4) is 11.1 Å². The third kappa shape index (κ3) is 8.97. The van der Waals surface area contributed by atoms with Gasteiger partial charge in [0.05, 0.1) is 18.2 Å². The van der Waals surface area contributed by atoms with Crippen LogP contribution in [-0.4, -0.2) is 57.9 Å². The summed E-state index contributed by atoms with van der Waals surface area (Å²) in [5.74, 6) is 1.08. The number of nitrogens with zero attached hydrogens (tertiary/aromatic N) is 1. The molecule has 55 heavy (non-hydrogen) atoms. The number of aliphatic hydroxyl groups is 2. The number of benzene rings is 3. The Bertz CT molecular complexity index is 1820. The molecule has 0 aromatic heterocycles. The number of aliphatic hydroxyl groups excluding tert-OH is 1. The number of allylic oxidation sites excluding steroid dienone is 2. The van der Waals surface area contributed by atoms with E-state index in [1.807, 2.05) is 60.7 Å². The van der Waals surface area contributed by atoms with Crippen molar-refractivity contribution < 1.29 is 24.5 Å². The third-order valence-electron chi connectivity index (χ3n) is 13.6. The van der Waals surface area contributed by atoms with Gasteiger partial charge in [0, 0.05) is 23.1 Å². The first-order valence-corrected chi connectivity index (χ1v) is 21.2. The largest absolute Gasteiger partial charge is 0.446 e. The smallest absolute Gasteiger partial charge is 0.410 e. The molecule has 4 aliphatic rings. The van der Waals surface area contributed by atoms with Crippen LogP contribution in [0.4, 0.5) is 4.79 Å². The second-order valence-corrected chi connectivity index (χ2v) is 17.9. The van der Waals surface area contributed by atoms with E-state index >= 15 is 4.79 Å². The molecule has 3 aromatic rings. The van der Waals surface area contributed by atoms with Crippen molar-refractivity contribution in [1.29, 1.82) is 0 Å². The number of carbonyl (C=O) groups excluding carboxylic acids is 2. The van der Waals surface area contributed by atoms with Gasteiger partial charge in [-0.2, -0.15) is 0 Å². The number of carbonyl (C=O) groups is 2. The molecule has 6 heteroatoms. The van der Waals surface area contributed by atoms with Crippen LogP contribution in [0.5, 0.6) is 0 Å². The minimum atomic E-state index is -1.21. The van der Waals surface area contributed by atoms with Crippen LogP contribution in [-0.2, 0) is 11.2 Å². The van der Waals surface area contributed by atoms with Crippen molar-refractivity contribution in [3.63, 3.8) is 0 Å². The van der Waals surface area contributed by atoms with Crippen LogP contribution < -0.4 is 0 Å². The van der Waals surface area contributed by atoms with Crippen LogP contribution >= 0.6 is 0 Å². The van der Waals surface area contributed by atoms with Crippen molar-refractivity contribution in [1.82, 2.24) is 4.90 Å². The molecule has 2 bridgehead atoms. The van der Waals surface area contributed by atoms with E-state index in [-0.39, 0.29) is 30.4 Å². The van der Waals surface area contributed by atoms with Crippen LogP contribution in [0.1, 0.15) is 139 Å². The Morgan fingerprint density at radius 2 is 1.69 bits per heavy atom. The molecule has 0 radical (unpaired) electrons. The lowest BCUT2D eigenvalue weighted by Crippen LogP contribution is -2.54. The normalized spacial score (nSPS) is 28.6. The van der Waals surface area contributed by atoms with Crippen LogP contribution in [0.25, 0.3) is 11.1 Å². The van der Waals surface area contributed by atoms with E-state index < -0.39 is 17.1 Å². The average Bonchev–Trinajstić information content (AvgIpc) is 3.42. The van der Waals surface area contributed by atoms with Gasteiger partial charge in [0.15, 0.2) is 5.78 Å². The molecule has 6 nitrogen and oxygen atoms in total. The lowest BCUT2D eigenvalue weighted by molar-refractivity contribution is -0.0862. The lowest BCUT2D eigenvalue weighted by atomic mass is 9.64. The molecule has 0 aliphatic heterocycles. The van der Waals surface area contributed by atoms with Crippen molar-refractivity contribution in [2.75, 3.05) is 13.1 Å². The van der Waals surface area contributed by atoms with Gasteiger partial charge in [-0.3, -0.25) is 4.79 Å². The molecule has 0 heterocycles. The number of rotatable bonds is 9. The highest BCUT2D eigenvalue weighted by molar-refractivity contribution is 6.13. The summed E-state index contributed by atoms with van der Waals surface area (Å²) in [6, 6.07) is 24.0. The van der Waals surface area contributed by atoms with Crippen molar-refractivity contribution >= 4 is 11.9 Å². The van der Waals surface area contributed by atoms with Gasteiger partial charge in [-0.25, -0.2) is 4.79 Å². The van der Waals surface area contributed by atoms with Gasteiger partial charge >= 0.3 is 6.09 Å². The van der Waals surface area contributed by atoms with Gasteiger partial charge in [-0.1, -0.05) is 119 Å². The Morgan fingerprint density at radius 1 is 0.945 bits per heavy atom. The van der Waals surface area contributed by atoms with Crippen LogP contribution in [0.15, 0.2) is 84.4 Å². The second-order valence-electron chi connectivity index (χ2n) is 17.9. The summed E-state index contributed by atoms with van der Waals surface area (Å²) in [7, 11) is 0. The Hall–Kier alpha value is -3.74. The molecule has 7 unspecified atom stereocenters. The van der Waals surface area contributed by atoms with Crippen molar-refractivity contribution in [2.45, 2.75) is 136 Å². The van der Waals surface area contributed by atoms with E-state index in [0.29, 0.717) is 67.5 Å². The monoisotopic (exact) mass is 747 g/mol. The molecule has 0 spiro atoms. The average molecular weight is 748 g/mol. The zero-order valence-electron chi connectivity index (χ0n) is 34.2. The van der Waals surface area contributed by atoms with Gasteiger partial charge < -0.3 is 19.8 Å². The molecule has 7 rings (SSSR count). The van der Waals surface area contributed by atoms with Gasteiger partial charge in [0.25, 0.3) is 0 Å². The van der Waals surface area contributed by atoms with E-state index in [1.165, 1.54) is 5.57 Å². The molecule has 2 saturated carbocycles. The van der Waals surface area contributed by atoms with E-state index in [2.05, 4.69) is 59.8 Å². The number of amides is 1. The predicted octanol–water partition coefficient (Wildman–Crippen LogP) is 10.9. The number of ether oxygens (including phenoxy) is 1. The summed E-state index contributed by atoms with van der Waals surface area (Å²) in [4.78, 5) is 31.0. The van der Waals surface area contributed by atoms with Crippen molar-refractivity contribution in [3.05, 3.63) is 107 Å². The standard InChI is InChI=1S/C49H65NO5/c1-7-28-50(47(53)55-45-29-35(5)20-23-39(45)33(2)3)32-49(54)27-25-44-41-24-21-36(30-38(51)22-19-34(4)14-13-26-48(44,49)6)31-43(41)46(52)42-18-12-11-17-40(42)37-15-9-8-10-16-37/h8-12,14-18,21,24,31,33,35,38-39,44-45,51,54H,7,13,19-20,22-23,25-30,32H2,1-6H3. The molecule has 2 fully saturated rings. The number of fused-ring (bicyclic) bond motifs is 8. The minimum Gasteiger partial charge on any atom is -0.446 e. The molecule has 2 N–H and O–H groups in total. The summed E-state index contributed by atoms with van der Waals surface area (Å²) in [5.41, 5.74) is 4.36. The van der Waals surface area contributed by atoms with Crippen LogP contribution in [0.2, 0.25) is 0 Å². The fourth-order valence-corrected chi connectivity index (χ4v) is 10.2. The molecular weight excluding hydrogens is 683 g/mol. The number of hydrogen-bond donors (Lipinski definition) is 2. The summed E-state index contributed by atoms with van der Waals surface area (Å²) >= 11 is 0. The summed E-state index contributed by atoms with van der Waals surface area (Å²) in [6.07, 6.45) is 9.68. The maximum Gasteiger partial charge on any atom is 0.410 e. The topological polar surface area (TPSA) is 87.1 Å². The molecule has 0 saturated heterocycles. The second kappa shape index (κ2) is 17.6. The Kier molecular flexibility index (Phi) is 13.1. The summed E-state index contributed by atoms with van der Waals surface area (Å²) in [5, 5.41) is 24.2. The molecule has 1 amide bonds. The minimum absolute atomic E-state index is 0.0518. The lowest BCUT2D eigenvalue weighted by Gasteiger charge is -2.46. The maximum absolute atomic E-state index is 15.0. The van der Waals surface area contributed by atoms with Crippen LogP contribution in [0.3, 0.4) is 0 Å². The van der Waals surface area contributed by atoms with E-state index in [0.717, 1.165) is 60.8 Å². The highest BCUT2D eigenvalue weighted by Crippen LogP contribution is 2.59. The first kappa shape index (κ1) is 40.9. The quantitative estimate of drug-likeness (QED) is 0.168. The molecule has 7 atom stereocenters. The van der Waals surface area contributed by atoms with E-state index in [9.17, 15) is 15.0 Å². The third-order valence-corrected chi connectivity index (χ3v) is 13.6. The van der Waals surface area contributed by atoms with Gasteiger partial charge in [-0.15, -0.1) is 0 Å². The zero-order valence-corrected chi connectivity index (χ0v) is 34.2. The first-order chi connectivity index (χ1) is 26.3. The van der Waals surface area contributed by atoms with E-state index in [4.69, 9.17) is 4.74 Å².